The first-order valence-corrected chi connectivity index (χ1v) is 6.30. The zero-order valence-corrected chi connectivity index (χ0v) is 11.4. The summed E-state index contributed by atoms with van der Waals surface area (Å²) in [6.45, 7) is 4.72. The molecular formula is C15H16N2O3. The third-order valence-electron chi connectivity index (χ3n) is 2.79. The number of rotatable bonds is 5. The van der Waals surface area contributed by atoms with Crippen molar-refractivity contribution in [3.05, 3.63) is 47.8 Å². The topological polar surface area (TPSA) is 64.3 Å². The minimum absolute atomic E-state index is 0.661. The van der Waals surface area contributed by atoms with E-state index in [1.54, 1.807) is 16.9 Å². The first-order valence-electron chi connectivity index (χ1n) is 6.30. The van der Waals surface area contributed by atoms with Crippen LogP contribution in [0.5, 0.6) is 11.5 Å². The number of carboxylic acid groups (broad SMARTS) is 1. The summed E-state index contributed by atoms with van der Waals surface area (Å²) in [5.74, 6) is 0.375. The van der Waals surface area contributed by atoms with Crippen molar-refractivity contribution in [3.8, 4) is 11.5 Å². The van der Waals surface area contributed by atoms with E-state index in [0.717, 1.165) is 23.7 Å². The van der Waals surface area contributed by atoms with E-state index < -0.39 is 5.97 Å². The maximum atomic E-state index is 10.5. The van der Waals surface area contributed by atoms with Crippen LogP contribution in [-0.2, 0) is 11.3 Å². The molecule has 20 heavy (non-hydrogen) atoms. The third kappa shape index (κ3) is 3.47. The predicted octanol–water partition coefficient (Wildman–Crippen LogP) is 3.10. The molecule has 1 heterocycles. The normalized spacial score (nSPS) is 10.9. The lowest BCUT2D eigenvalue weighted by Crippen LogP contribution is -1.92. The van der Waals surface area contributed by atoms with Gasteiger partial charge in [0.2, 0.25) is 0 Å². The molecule has 1 N–H and O–H groups in total. The van der Waals surface area contributed by atoms with Gasteiger partial charge >= 0.3 is 5.97 Å². The van der Waals surface area contributed by atoms with Gasteiger partial charge in [0, 0.05) is 12.6 Å². The first kappa shape index (κ1) is 13.9. The number of aliphatic carboxylic acids is 1. The fraction of sp³-hybridized carbons (Fsp3) is 0.200. The SMILES string of the molecule is CCn1cc(Oc2cc(/C=C/C(=O)O)ccc2C)cn1. The highest BCUT2D eigenvalue weighted by Crippen LogP contribution is 2.26. The van der Waals surface area contributed by atoms with E-state index in [4.69, 9.17) is 9.84 Å². The second-order valence-electron chi connectivity index (χ2n) is 4.33. The number of ether oxygens (including phenoxy) is 1. The summed E-state index contributed by atoms with van der Waals surface area (Å²) in [5, 5.41) is 12.8. The van der Waals surface area contributed by atoms with Gasteiger partial charge in [0.25, 0.3) is 0 Å². The molecule has 0 aliphatic carbocycles. The standard InChI is InChI=1S/C15H16N2O3/c1-3-17-10-13(9-16-17)20-14-8-12(5-4-11(14)2)6-7-15(18)19/h4-10H,3H2,1-2H3,(H,18,19)/b7-6+. The van der Waals surface area contributed by atoms with Crippen LogP contribution in [0.25, 0.3) is 6.08 Å². The molecule has 2 aromatic rings. The predicted molar refractivity (Wildman–Crippen MR) is 75.8 cm³/mol. The van der Waals surface area contributed by atoms with Crippen LogP contribution < -0.4 is 4.74 Å². The number of hydrogen-bond acceptors (Lipinski definition) is 3. The van der Waals surface area contributed by atoms with Crippen molar-refractivity contribution in [1.82, 2.24) is 9.78 Å². The highest BCUT2D eigenvalue weighted by Gasteiger charge is 2.04. The number of aryl methyl sites for hydroxylation is 2. The molecule has 0 bridgehead atoms. The Kier molecular flexibility index (Phi) is 4.20. The van der Waals surface area contributed by atoms with Gasteiger partial charge < -0.3 is 9.84 Å². The summed E-state index contributed by atoms with van der Waals surface area (Å²) in [6, 6.07) is 5.54. The second-order valence-corrected chi connectivity index (χ2v) is 4.33. The van der Waals surface area contributed by atoms with E-state index in [9.17, 15) is 4.79 Å². The highest BCUT2D eigenvalue weighted by atomic mass is 16.5. The summed E-state index contributed by atoms with van der Waals surface area (Å²) < 4.78 is 7.55. The molecule has 2 rings (SSSR count). The van der Waals surface area contributed by atoms with Crippen LogP contribution in [0.3, 0.4) is 0 Å². The molecule has 0 saturated heterocycles. The van der Waals surface area contributed by atoms with E-state index in [1.807, 2.05) is 32.2 Å². The van der Waals surface area contributed by atoms with Gasteiger partial charge in [0.1, 0.15) is 5.75 Å². The third-order valence-corrected chi connectivity index (χ3v) is 2.79. The molecule has 0 aliphatic rings. The summed E-state index contributed by atoms with van der Waals surface area (Å²) >= 11 is 0. The lowest BCUT2D eigenvalue weighted by atomic mass is 10.1. The van der Waals surface area contributed by atoms with Crippen molar-refractivity contribution in [2.75, 3.05) is 0 Å². The van der Waals surface area contributed by atoms with E-state index in [0.29, 0.717) is 11.5 Å². The van der Waals surface area contributed by atoms with Crippen molar-refractivity contribution < 1.29 is 14.6 Å². The fourth-order valence-corrected chi connectivity index (χ4v) is 1.70. The summed E-state index contributed by atoms with van der Waals surface area (Å²) in [7, 11) is 0. The van der Waals surface area contributed by atoms with Crippen molar-refractivity contribution in [3.63, 3.8) is 0 Å². The van der Waals surface area contributed by atoms with Crippen LogP contribution in [0.4, 0.5) is 0 Å². The molecule has 5 heteroatoms. The quantitative estimate of drug-likeness (QED) is 0.849. The Hall–Kier alpha value is -2.56. The number of benzene rings is 1. The maximum absolute atomic E-state index is 10.5. The van der Waals surface area contributed by atoms with Crippen molar-refractivity contribution >= 4 is 12.0 Å². The number of carboxylic acids is 1. The lowest BCUT2D eigenvalue weighted by Gasteiger charge is -2.07. The summed E-state index contributed by atoms with van der Waals surface area (Å²) in [4.78, 5) is 10.5. The van der Waals surface area contributed by atoms with E-state index in [2.05, 4.69) is 5.10 Å². The zero-order chi connectivity index (χ0) is 14.5. The lowest BCUT2D eigenvalue weighted by molar-refractivity contribution is -0.131. The van der Waals surface area contributed by atoms with Gasteiger partial charge in [-0.2, -0.15) is 5.10 Å². The minimum atomic E-state index is -0.975. The Morgan fingerprint density at radius 3 is 2.95 bits per heavy atom. The minimum Gasteiger partial charge on any atom is -0.478 e. The van der Waals surface area contributed by atoms with Crippen LogP contribution in [0, 0.1) is 6.92 Å². The smallest absolute Gasteiger partial charge is 0.328 e. The van der Waals surface area contributed by atoms with Crippen LogP contribution in [0.2, 0.25) is 0 Å². The molecule has 5 nitrogen and oxygen atoms in total. The average molecular weight is 272 g/mol. The molecule has 0 spiro atoms. The molecule has 0 radical (unpaired) electrons. The molecule has 0 aliphatic heterocycles. The first-order chi connectivity index (χ1) is 9.58. The Morgan fingerprint density at radius 1 is 1.50 bits per heavy atom. The zero-order valence-electron chi connectivity index (χ0n) is 11.4. The molecular weight excluding hydrogens is 256 g/mol. The highest BCUT2D eigenvalue weighted by molar-refractivity contribution is 5.85. The van der Waals surface area contributed by atoms with E-state index >= 15 is 0 Å². The molecule has 0 unspecified atom stereocenters. The van der Waals surface area contributed by atoms with E-state index in [-0.39, 0.29) is 0 Å². The molecule has 1 aromatic carbocycles. The van der Waals surface area contributed by atoms with Crippen LogP contribution in [0.1, 0.15) is 18.1 Å². The average Bonchev–Trinajstić information content (AvgIpc) is 2.87. The Bertz CT molecular complexity index is 644. The summed E-state index contributed by atoms with van der Waals surface area (Å²) in [6.07, 6.45) is 6.11. The maximum Gasteiger partial charge on any atom is 0.328 e. The Morgan fingerprint density at radius 2 is 2.30 bits per heavy atom. The van der Waals surface area contributed by atoms with Gasteiger partial charge in [-0.15, -0.1) is 0 Å². The Balaban J connectivity index is 2.22. The number of hydrogen-bond donors (Lipinski definition) is 1. The van der Waals surface area contributed by atoms with Gasteiger partial charge in [0.15, 0.2) is 5.75 Å². The fourth-order valence-electron chi connectivity index (χ4n) is 1.70. The molecule has 0 amide bonds. The van der Waals surface area contributed by atoms with Gasteiger partial charge in [-0.25, -0.2) is 4.79 Å². The van der Waals surface area contributed by atoms with Crippen molar-refractivity contribution in [1.29, 1.82) is 0 Å². The van der Waals surface area contributed by atoms with Crippen LogP contribution in [-0.4, -0.2) is 20.9 Å². The molecule has 1 aromatic heterocycles. The number of aromatic nitrogens is 2. The van der Waals surface area contributed by atoms with E-state index in [1.165, 1.54) is 6.08 Å². The van der Waals surface area contributed by atoms with Crippen molar-refractivity contribution in [2.24, 2.45) is 0 Å². The van der Waals surface area contributed by atoms with Crippen LogP contribution in [0.15, 0.2) is 36.7 Å². The van der Waals surface area contributed by atoms with Crippen LogP contribution >= 0.6 is 0 Å². The number of carbonyl (C=O) groups is 1. The monoisotopic (exact) mass is 272 g/mol. The molecule has 104 valence electrons. The summed E-state index contributed by atoms with van der Waals surface area (Å²) in [5.41, 5.74) is 1.75. The van der Waals surface area contributed by atoms with Gasteiger partial charge in [-0.05, 0) is 37.1 Å². The van der Waals surface area contributed by atoms with Gasteiger partial charge in [-0.3, -0.25) is 4.68 Å². The van der Waals surface area contributed by atoms with Crippen molar-refractivity contribution in [2.45, 2.75) is 20.4 Å². The van der Waals surface area contributed by atoms with Gasteiger partial charge in [0.05, 0.1) is 12.4 Å². The Labute approximate surface area is 117 Å². The molecule has 0 saturated carbocycles. The largest absolute Gasteiger partial charge is 0.478 e. The van der Waals surface area contributed by atoms with Gasteiger partial charge in [-0.1, -0.05) is 12.1 Å². The second kappa shape index (κ2) is 6.06. The number of nitrogens with zero attached hydrogens (tertiary/aromatic N) is 2. The molecule has 0 fully saturated rings. The molecule has 0 atom stereocenters.